The van der Waals surface area contributed by atoms with Crippen LogP contribution < -0.4 is 4.74 Å². The monoisotopic (exact) mass is 431 g/mol. The van der Waals surface area contributed by atoms with Crippen LogP contribution in [0.15, 0.2) is 72.8 Å². The number of rotatable bonds is 6. The average Bonchev–Trinajstić information content (AvgIpc) is 3.08. The molecule has 0 aliphatic rings. The van der Waals surface area contributed by atoms with Crippen molar-refractivity contribution in [3.05, 3.63) is 101 Å². The number of esters is 1. The molecule has 0 fully saturated rings. The van der Waals surface area contributed by atoms with Gasteiger partial charge in [0.2, 0.25) is 0 Å². The topological polar surface area (TPSA) is 57.5 Å². The highest BCUT2D eigenvalue weighted by Gasteiger charge is 2.23. The van der Waals surface area contributed by atoms with E-state index in [0.717, 1.165) is 5.56 Å². The summed E-state index contributed by atoms with van der Waals surface area (Å²) in [5.41, 5.74) is 2.87. The number of nitrogens with zero attached hydrogens (tertiary/aromatic N) is 1. The van der Waals surface area contributed by atoms with Crippen LogP contribution in [0, 0.1) is 12.7 Å². The number of benzene rings is 3. The molecule has 0 atom stereocenters. The van der Waals surface area contributed by atoms with Gasteiger partial charge in [0.25, 0.3) is 5.91 Å². The third-order valence-corrected chi connectivity index (χ3v) is 5.40. The molecule has 1 heterocycles. The summed E-state index contributed by atoms with van der Waals surface area (Å²) in [7, 11) is 1.37. The molecule has 0 spiro atoms. The van der Waals surface area contributed by atoms with Crippen molar-refractivity contribution >= 4 is 22.8 Å². The number of hydrogen-bond acceptors (Lipinski definition) is 4. The second kappa shape index (κ2) is 9.06. The van der Waals surface area contributed by atoms with Gasteiger partial charge in [0.1, 0.15) is 6.61 Å². The minimum Gasteiger partial charge on any atom is -0.494 e. The molecule has 0 aliphatic heterocycles. The molecule has 0 N–H and O–H groups in total. The number of fused-ring (bicyclic) bond motifs is 1. The molecular formula is C26H22FNO4. The van der Waals surface area contributed by atoms with Gasteiger partial charge in [0.05, 0.1) is 19.0 Å². The Morgan fingerprint density at radius 3 is 2.28 bits per heavy atom. The van der Waals surface area contributed by atoms with Gasteiger partial charge in [-0.25, -0.2) is 4.39 Å². The first kappa shape index (κ1) is 21.3. The van der Waals surface area contributed by atoms with Crippen LogP contribution >= 0.6 is 0 Å². The lowest BCUT2D eigenvalue weighted by atomic mass is 10.1. The van der Waals surface area contributed by atoms with Gasteiger partial charge >= 0.3 is 5.97 Å². The molecule has 0 unspecified atom stereocenters. The molecule has 0 radical (unpaired) electrons. The first-order chi connectivity index (χ1) is 15.5. The fraction of sp³-hybridized carbons (Fsp3) is 0.154. The van der Waals surface area contributed by atoms with E-state index in [0.29, 0.717) is 27.7 Å². The molecular weight excluding hydrogens is 409 g/mol. The van der Waals surface area contributed by atoms with Crippen molar-refractivity contribution in [3.63, 3.8) is 0 Å². The van der Waals surface area contributed by atoms with Crippen molar-refractivity contribution in [2.75, 3.05) is 7.11 Å². The summed E-state index contributed by atoms with van der Waals surface area (Å²) in [5, 5.41) is 0.571. The van der Waals surface area contributed by atoms with E-state index in [1.54, 1.807) is 31.2 Å². The normalized spacial score (nSPS) is 10.8. The van der Waals surface area contributed by atoms with Crippen molar-refractivity contribution in [2.24, 2.45) is 0 Å². The molecule has 0 saturated carbocycles. The van der Waals surface area contributed by atoms with Crippen molar-refractivity contribution in [1.29, 1.82) is 0 Å². The molecule has 4 aromatic rings. The minimum absolute atomic E-state index is 0.0423. The van der Waals surface area contributed by atoms with Crippen molar-refractivity contribution in [1.82, 2.24) is 4.57 Å². The van der Waals surface area contributed by atoms with Gasteiger partial charge in [-0.2, -0.15) is 0 Å². The van der Waals surface area contributed by atoms with Gasteiger partial charge < -0.3 is 9.47 Å². The van der Waals surface area contributed by atoms with Gasteiger partial charge in [-0.1, -0.05) is 48.5 Å². The third-order valence-electron chi connectivity index (χ3n) is 5.40. The zero-order valence-electron chi connectivity index (χ0n) is 17.8. The molecule has 1 aromatic heterocycles. The summed E-state index contributed by atoms with van der Waals surface area (Å²) in [4.78, 5) is 25.9. The van der Waals surface area contributed by atoms with E-state index in [1.165, 1.54) is 23.8 Å². The number of hydrogen-bond donors (Lipinski definition) is 0. The van der Waals surface area contributed by atoms with Gasteiger partial charge in [-0.05, 0) is 36.2 Å². The number of halogens is 1. The lowest BCUT2D eigenvalue weighted by molar-refractivity contribution is -0.144. The second-order valence-corrected chi connectivity index (χ2v) is 7.40. The van der Waals surface area contributed by atoms with Gasteiger partial charge in [0, 0.05) is 22.7 Å². The Labute approximate surface area is 185 Å². The Morgan fingerprint density at radius 2 is 1.62 bits per heavy atom. The van der Waals surface area contributed by atoms with Gasteiger partial charge in [-0.15, -0.1) is 0 Å². The fourth-order valence-corrected chi connectivity index (χ4v) is 3.76. The van der Waals surface area contributed by atoms with Crippen LogP contribution in [-0.2, 0) is 22.6 Å². The Morgan fingerprint density at radius 1 is 0.969 bits per heavy atom. The van der Waals surface area contributed by atoms with Crippen LogP contribution in [0.3, 0.4) is 0 Å². The van der Waals surface area contributed by atoms with Crippen LogP contribution in [0.2, 0.25) is 0 Å². The molecule has 0 aliphatic carbocycles. The van der Waals surface area contributed by atoms with Crippen LogP contribution in [0.1, 0.15) is 27.2 Å². The predicted octanol–water partition coefficient (Wildman–Crippen LogP) is 5.07. The largest absolute Gasteiger partial charge is 0.494 e. The lowest BCUT2D eigenvalue weighted by Gasteiger charge is -2.08. The smallest absolute Gasteiger partial charge is 0.310 e. The highest BCUT2D eigenvalue weighted by atomic mass is 19.1. The molecule has 162 valence electrons. The molecule has 4 rings (SSSR count). The number of carbonyl (C=O) groups excluding carboxylic acids is 2. The van der Waals surface area contributed by atoms with E-state index >= 15 is 0 Å². The Balaban J connectivity index is 1.73. The summed E-state index contributed by atoms with van der Waals surface area (Å²) in [6, 6.07) is 20.9. The SMILES string of the molecule is COc1cc2c(CC(=O)OCc3ccccc3)c(C)n(C(=O)c3ccccc3)c2cc1F. The first-order valence-electron chi connectivity index (χ1n) is 10.2. The zero-order valence-corrected chi connectivity index (χ0v) is 17.8. The second-order valence-electron chi connectivity index (χ2n) is 7.40. The molecule has 5 nitrogen and oxygen atoms in total. The van der Waals surface area contributed by atoms with E-state index in [2.05, 4.69) is 0 Å². The highest BCUT2D eigenvalue weighted by Crippen LogP contribution is 2.32. The van der Waals surface area contributed by atoms with Crippen LogP contribution in [0.25, 0.3) is 10.9 Å². The number of aromatic nitrogens is 1. The maximum absolute atomic E-state index is 14.5. The van der Waals surface area contributed by atoms with E-state index < -0.39 is 11.8 Å². The summed E-state index contributed by atoms with van der Waals surface area (Å²) in [6.07, 6.45) is -0.0565. The fourth-order valence-electron chi connectivity index (χ4n) is 3.76. The Kier molecular flexibility index (Phi) is 6.03. The van der Waals surface area contributed by atoms with Crippen LogP contribution in [-0.4, -0.2) is 23.6 Å². The maximum Gasteiger partial charge on any atom is 0.310 e. The lowest BCUT2D eigenvalue weighted by Crippen LogP contribution is -2.14. The van der Waals surface area contributed by atoms with Crippen molar-refractivity contribution in [3.8, 4) is 5.75 Å². The Hall–Kier alpha value is -3.93. The average molecular weight is 431 g/mol. The van der Waals surface area contributed by atoms with Crippen LogP contribution in [0.5, 0.6) is 5.75 Å². The molecule has 0 saturated heterocycles. The minimum atomic E-state index is -0.585. The Bertz CT molecular complexity index is 1280. The molecule has 32 heavy (non-hydrogen) atoms. The predicted molar refractivity (Wildman–Crippen MR) is 119 cm³/mol. The van der Waals surface area contributed by atoms with Gasteiger partial charge in [0.15, 0.2) is 11.6 Å². The summed E-state index contributed by atoms with van der Waals surface area (Å²) in [6.45, 7) is 1.89. The van der Waals surface area contributed by atoms with Crippen LogP contribution in [0.4, 0.5) is 4.39 Å². The van der Waals surface area contributed by atoms with Crippen molar-refractivity contribution < 1.29 is 23.5 Å². The quantitative estimate of drug-likeness (QED) is 0.400. The van der Waals surface area contributed by atoms with E-state index in [9.17, 15) is 14.0 Å². The maximum atomic E-state index is 14.5. The third kappa shape index (κ3) is 4.12. The molecule has 0 amide bonds. The zero-order chi connectivity index (χ0) is 22.7. The number of ether oxygens (including phenoxy) is 2. The van der Waals surface area contributed by atoms with Gasteiger partial charge in [-0.3, -0.25) is 14.2 Å². The highest BCUT2D eigenvalue weighted by molar-refractivity contribution is 6.05. The molecule has 6 heteroatoms. The van der Waals surface area contributed by atoms with E-state index in [1.807, 2.05) is 36.4 Å². The van der Waals surface area contributed by atoms with E-state index in [4.69, 9.17) is 9.47 Å². The van der Waals surface area contributed by atoms with Crippen molar-refractivity contribution in [2.45, 2.75) is 20.0 Å². The molecule has 0 bridgehead atoms. The van der Waals surface area contributed by atoms with E-state index in [-0.39, 0.29) is 24.7 Å². The number of carbonyl (C=O) groups is 2. The summed E-state index contributed by atoms with van der Waals surface area (Å²) < 4.78 is 26.5. The summed E-state index contributed by atoms with van der Waals surface area (Å²) in [5.74, 6) is -1.29. The molecule has 3 aromatic carbocycles. The standard InChI is InChI=1S/C26H22FNO4/c1-17-20(14-25(29)32-16-18-9-5-3-6-10-18)21-13-24(31-2)22(27)15-23(21)28(17)26(30)19-11-7-4-8-12-19/h3-13,15H,14,16H2,1-2H3. The number of methoxy groups -OCH3 is 1. The summed E-state index contributed by atoms with van der Waals surface area (Å²) >= 11 is 0. The first-order valence-corrected chi connectivity index (χ1v) is 10.2.